The Bertz CT molecular complexity index is 1400. The topological polar surface area (TPSA) is 357 Å². The van der Waals surface area contributed by atoms with Gasteiger partial charge in [0.05, 0.1) is 12.9 Å². The molecule has 24 heteroatoms. The van der Waals surface area contributed by atoms with E-state index in [1.54, 1.807) is 0 Å². The van der Waals surface area contributed by atoms with Gasteiger partial charge in [0.2, 0.25) is 5.95 Å². The molecule has 0 saturated carbocycles. The number of hydrogen-bond donors (Lipinski definition) is 10. The lowest BCUT2D eigenvalue weighted by Gasteiger charge is -2.23. The third-order valence-electron chi connectivity index (χ3n) is 5.28. The van der Waals surface area contributed by atoms with Crippen LogP contribution in [-0.2, 0) is 36.8 Å². The molecule has 0 bridgehead atoms. The number of imidazole rings is 1. The summed E-state index contributed by atoms with van der Waals surface area (Å²) in [7, 11) is -11.5. The summed E-state index contributed by atoms with van der Waals surface area (Å²) in [6, 6.07) is 0. The number of carbonyl (C=O) groups is 2. The first-order valence-corrected chi connectivity index (χ1v) is 13.6. The van der Waals surface area contributed by atoms with E-state index in [0.29, 0.717) is 0 Å². The fourth-order valence-corrected chi connectivity index (χ4v) is 5.38. The van der Waals surface area contributed by atoms with Gasteiger partial charge >= 0.3 is 21.6 Å². The van der Waals surface area contributed by atoms with E-state index < -0.39 is 82.7 Å². The molecule has 2 aromatic rings. The van der Waals surface area contributed by atoms with Crippen molar-refractivity contribution >= 4 is 45.0 Å². The Labute approximate surface area is 220 Å². The van der Waals surface area contributed by atoms with Crippen molar-refractivity contribution in [1.82, 2.24) is 19.5 Å². The third kappa shape index (κ3) is 6.95. The summed E-state index contributed by atoms with van der Waals surface area (Å²) in [6.45, 7) is -1.09. The molecule has 0 aromatic carbocycles. The predicted molar refractivity (Wildman–Crippen MR) is 121 cm³/mol. The van der Waals surface area contributed by atoms with Crippen molar-refractivity contribution in [3.05, 3.63) is 16.7 Å². The summed E-state index contributed by atoms with van der Waals surface area (Å²) >= 11 is 0. The normalized spacial score (nSPS) is 27.3. The zero-order valence-corrected chi connectivity index (χ0v) is 21.3. The number of carbonyl (C=O) groups excluding carboxylic acids is 2. The molecule has 0 spiro atoms. The molecule has 40 heavy (non-hydrogen) atoms. The van der Waals surface area contributed by atoms with Crippen molar-refractivity contribution in [2.24, 2.45) is 0 Å². The minimum Gasteiger partial charge on any atom is -0.387 e. The zero-order chi connectivity index (χ0) is 30.2. The number of anilines is 1. The number of aliphatic hydroxyl groups excluding tert-OH is 6. The number of nitrogens with two attached hydrogens (primary N) is 1. The maximum absolute atomic E-state index is 12.1. The van der Waals surface area contributed by atoms with E-state index in [4.69, 9.17) is 15.6 Å². The van der Waals surface area contributed by atoms with Gasteiger partial charge in [-0.3, -0.25) is 23.8 Å². The number of phosphoric ester groups is 2. The number of hydrogen-bond acceptors (Lipinski definition) is 18. The number of ether oxygens (including phenoxy) is 1. The SMILES string of the molecule is Nc1nc2c(ncn2[C@@H]2O[C@H](COP(=O)(O)OP(=O)(O)OC(=O)[C@@H](O)[C@H](O)[C@@H](O)[C@@H](O)C=O)[C@@H](O)[C@H]2O)c(=O)[nH]1. The monoisotopic (exact) mass is 619 g/mol. The highest BCUT2D eigenvalue weighted by molar-refractivity contribution is 7.61. The van der Waals surface area contributed by atoms with Crippen molar-refractivity contribution in [1.29, 1.82) is 0 Å². The van der Waals surface area contributed by atoms with Crippen LogP contribution in [-0.4, -0.2) is 122 Å². The summed E-state index contributed by atoms with van der Waals surface area (Å²) in [4.78, 5) is 63.3. The van der Waals surface area contributed by atoms with Crippen molar-refractivity contribution < 1.29 is 77.2 Å². The van der Waals surface area contributed by atoms with E-state index in [9.17, 15) is 58.8 Å². The summed E-state index contributed by atoms with van der Waals surface area (Å²) in [5, 5.41) is 58.3. The van der Waals surface area contributed by atoms with E-state index >= 15 is 0 Å². The molecule has 1 aliphatic rings. The number of aromatic amines is 1. The Balaban J connectivity index is 1.63. The van der Waals surface area contributed by atoms with Crippen LogP contribution in [0.25, 0.3) is 11.2 Å². The van der Waals surface area contributed by atoms with Crippen LogP contribution in [0.1, 0.15) is 6.23 Å². The van der Waals surface area contributed by atoms with Crippen LogP contribution in [0, 0.1) is 0 Å². The van der Waals surface area contributed by atoms with Crippen LogP contribution in [0.5, 0.6) is 0 Å². The average molecular weight is 619 g/mol. The second-order valence-electron chi connectivity index (χ2n) is 8.10. The van der Waals surface area contributed by atoms with Gasteiger partial charge in [-0.1, -0.05) is 0 Å². The van der Waals surface area contributed by atoms with Crippen molar-refractivity contribution in [3.8, 4) is 0 Å². The molecule has 1 aliphatic heterocycles. The van der Waals surface area contributed by atoms with E-state index in [1.807, 2.05) is 0 Å². The summed E-state index contributed by atoms with van der Waals surface area (Å²) < 4.78 is 42.7. The second-order valence-corrected chi connectivity index (χ2v) is 11.1. The Morgan fingerprint density at radius 2 is 1.82 bits per heavy atom. The first-order chi connectivity index (χ1) is 18.5. The van der Waals surface area contributed by atoms with Crippen LogP contribution in [0.4, 0.5) is 5.95 Å². The number of nitrogens with one attached hydrogen (secondary N) is 1. The fourth-order valence-electron chi connectivity index (χ4n) is 3.34. The van der Waals surface area contributed by atoms with Crippen LogP contribution in [0.15, 0.2) is 11.1 Å². The van der Waals surface area contributed by atoms with E-state index in [-0.39, 0.29) is 23.4 Å². The Morgan fingerprint density at radius 3 is 2.45 bits per heavy atom. The Morgan fingerprint density at radius 1 is 1.18 bits per heavy atom. The summed E-state index contributed by atoms with van der Waals surface area (Å²) in [5.41, 5.74) is 4.41. The van der Waals surface area contributed by atoms with E-state index in [0.717, 1.165) is 10.9 Å². The van der Waals surface area contributed by atoms with Gasteiger partial charge in [0.1, 0.15) is 36.6 Å². The molecule has 1 fully saturated rings. The largest absolute Gasteiger partial charge is 0.538 e. The first-order valence-electron chi connectivity index (χ1n) is 10.6. The summed E-state index contributed by atoms with van der Waals surface area (Å²) in [6.07, 6.45) is -16.0. The van der Waals surface area contributed by atoms with Gasteiger partial charge in [-0.25, -0.2) is 18.9 Å². The number of nitrogens with zero attached hydrogens (tertiary/aromatic N) is 3. The van der Waals surface area contributed by atoms with Crippen molar-refractivity contribution in [3.63, 3.8) is 0 Å². The molecule has 11 N–H and O–H groups in total. The predicted octanol–water partition coefficient (Wildman–Crippen LogP) is -5.26. The van der Waals surface area contributed by atoms with Gasteiger partial charge in [-0.15, -0.1) is 0 Å². The average Bonchev–Trinajstić information content (AvgIpc) is 3.40. The molecule has 3 heterocycles. The second kappa shape index (κ2) is 12.0. The lowest BCUT2D eigenvalue weighted by molar-refractivity contribution is -0.162. The Kier molecular flexibility index (Phi) is 9.58. The molecule has 22 nitrogen and oxygen atoms in total. The maximum atomic E-state index is 12.1. The smallest absolute Gasteiger partial charge is 0.387 e. The molecular formula is C16H23N5O17P2. The lowest BCUT2D eigenvalue weighted by Crippen LogP contribution is -2.48. The number of aliphatic hydroxyl groups is 6. The minimum absolute atomic E-state index is 0.154. The number of phosphoric acid groups is 2. The van der Waals surface area contributed by atoms with Gasteiger partial charge in [-0.2, -0.15) is 9.29 Å². The standard InChI is InChI=1S/C16H23N5O17P2/c17-16-19-12-6(13(29)20-16)18-3-21(12)14-10(27)8(25)5(36-14)2-35-39(31,32)38-40(33,34)37-15(30)11(28)9(26)7(24)4(23)1-22/h1,3-5,7-11,14,23-28H,2H2,(H,31,32)(H,33,34)(H3,17,19,20,29)/t4-,5+,7-,8+,9+,10+,11-,14+/m0/s1. The number of H-pyrrole nitrogens is 1. The third-order valence-corrected chi connectivity index (χ3v) is 7.82. The Hall–Kier alpha value is -2.69. The van der Waals surface area contributed by atoms with Crippen molar-refractivity contribution in [2.75, 3.05) is 12.3 Å². The fraction of sp³-hybridized carbons (Fsp3) is 0.562. The molecule has 10 atom stereocenters. The molecule has 0 amide bonds. The molecule has 0 radical (unpaired) electrons. The maximum Gasteiger partial charge on any atom is 0.538 e. The van der Waals surface area contributed by atoms with Crippen LogP contribution in [0.3, 0.4) is 0 Å². The first kappa shape index (κ1) is 31.8. The zero-order valence-electron chi connectivity index (χ0n) is 19.5. The summed E-state index contributed by atoms with van der Waals surface area (Å²) in [5.74, 6) is -2.49. The molecule has 2 aromatic heterocycles. The molecule has 0 aliphatic carbocycles. The van der Waals surface area contributed by atoms with Crippen LogP contribution < -0.4 is 11.3 Å². The number of aldehydes is 1. The lowest BCUT2D eigenvalue weighted by atomic mass is 10.0. The van der Waals surface area contributed by atoms with Crippen LogP contribution >= 0.6 is 15.6 Å². The van der Waals surface area contributed by atoms with Gasteiger partial charge < -0.3 is 55.3 Å². The number of nitrogen functional groups attached to an aromatic ring is 1. The van der Waals surface area contributed by atoms with Gasteiger partial charge in [-0.05, 0) is 0 Å². The van der Waals surface area contributed by atoms with E-state index in [1.165, 1.54) is 0 Å². The number of aromatic nitrogens is 4. The highest BCUT2D eigenvalue weighted by Crippen LogP contribution is 2.60. The van der Waals surface area contributed by atoms with Crippen molar-refractivity contribution in [2.45, 2.75) is 49.0 Å². The quantitative estimate of drug-likeness (QED) is 0.0783. The number of rotatable bonds is 12. The highest BCUT2D eigenvalue weighted by atomic mass is 31.3. The minimum atomic E-state index is -5.89. The van der Waals surface area contributed by atoms with Gasteiger partial charge in [0.25, 0.3) is 5.56 Å². The van der Waals surface area contributed by atoms with Gasteiger partial charge in [0, 0.05) is 0 Å². The van der Waals surface area contributed by atoms with Gasteiger partial charge in [0.15, 0.2) is 29.8 Å². The molecular weight excluding hydrogens is 596 g/mol. The number of fused-ring (bicyclic) bond motifs is 1. The molecule has 224 valence electrons. The van der Waals surface area contributed by atoms with Crippen LogP contribution in [0.2, 0.25) is 0 Å². The van der Waals surface area contributed by atoms with E-state index in [2.05, 4.69) is 28.3 Å². The molecule has 1 saturated heterocycles. The molecule has 2 unspecified atom stereocenters. The molecule has 3 rings (SSSR count). The highest BCUT2D eigenvalue weighted by Gasteiger charge is 2.47.